The molecule has 1 aromatic heterocycles. The van der Waals surface area contributed by atoms with Crippen LogP contribution in [0.25, 0.3) is 0 Å². The van der Waals surface area contributed by atoms with E-state index >= 15 is 0 Å². The van der Waals surface area contributed by atoms with Gasteiger partial charge in [0.2, 0.25) is 0 Å². The number of pyridine rings is 1. The quantitative estimate of drug-likeness (QED) is 0.776. The van der Waals surface area contributed by atoms with Crippen LogP contribution in [0.3, 0.4) is 0 Å². The normalized spacial score (nSPS) is 17.3. The molecule has 1 saturated carbocycles. The van der Waals surface area contributed by atoms with Gasteiger partial charge in [-0.05, 0) is 43.9 Å². The third-order valence-electron chi connectivity index (χ3n) is 4.33. The van der Waals surface area contributed by atoms with Crippen LogP contribution in [0.15, 0.2) is 18.3 Å². The highest BCUT2D eigenvalue weighted by Gasteiger charge is 2.20. The van der Waals surface area contributed by atoms with Gasteiger partial charge in [0, 0.05) is 6.20 Å². The van der Waals surface area contributed by atoms with Crippen LogP contribution in [0, 0.1) is 5.92 Å². The van der Waals surface area contributed by atoms with Crippen molar-refractivity contribution in [3.8, 4) is 5.75 Å². The third kappa shape index (κ3) is 4.20. The molecule has 0 aromatic carbocycles. The van der Waals surface area contributed by atoms with Gasteiger partial charge in [0.15, 0.2) is 0 Å². The van der Waals surface area contributed by atoms with Gasteiger partial charge in [0.1, 0.15) is 5.75 Å². The highest BCUT2D eigenvalue weighted by molar-refractivity contribution is 5.29. The second kappa shape index (κ2) is 8.25. The summed E-state index contributed by atoms with van der Waals surface area (Å²) in [5, 5.41) is 3.64. The Kier molecular flexibility index (Phi) is 6.31. The molecule has 1 atom stereocenters. The Morgan fingerprint density at radius 2 is 2.20 bits per heavy atom. The lowest BCUT2D eigenvalue weighted by atomic mass is 9.96. The van der Waals surface area contributed by atoms with Crippen molar-refractivity contribution in [2.24, 2.45) is 5.92 Å². The molecule has 0 aliphatic heterocycles. The Bertz CT molecular complexity index is 388. The van der Waals surface area contributed by atoms with Gasteiger partial charge in [0.25, 0.3) is 0 Å². The van der Waals surface area contributed by atoms with E-state index in [2.05, 4.69) is 17.2 Å². The van der Waals surface area contributed by atoms with E-state index in [1.54, 1.807) is 7.11 Å². The molecule has 0 amide bonds. The summed E-state index contributed by atoms with van der Waals surface area (Å²) in [6.45, 7) is 3.24. The van der Waals surface area contributed by atoms with Crippen molar-refractivity contribution >= 4 is 0 Å². The van der Waals surface area contributed by atoms with E-state index in [1.807, 2.05) is 18.3 Å². The maximum atomic E-state index is 5.48. The first-order chi connectivity index (χ1) is 9.85. The van der Waals surface area contributed by atoms with Gasteiger partial charge >= 0.3 is 0 Å². The molecule has 1 fully saturated rings. The maximum absolute atomic E-state index is 5.48. The first-order valence-corrected chi connectivity index (χ1v) is 8.07. The molecule has 1 aromatic rings. The summed E-state index contributed by atoms with van der Waals surface area (Å²) in [5.74, 6) is 1.84. The molecule has 0 spiro atoms. The fraction of sp³-hybridized carbons (Fsp3) is 0.706. The smallest absolute Gasteiger partial charge is 0.141 e. The van der Waals surface area contributed by atoms with Gasteiger partial charge in [-0.1, -0.05) is 32.6 Å². The molecule has 0 bridgehead atoms. The number of hydrogen-bond donors (Lipinski definition) is 1. The molecule has 0 saturated heterocycles. The predicted molar refractivity (Wildman–Crippen MR) is 83.0 cm³/mol. The Hall–Kier alpha value is -1.09. The summed E-state index contributed by atoms with van der Waals surface area (Å²) in [4.78, 5) is 4.56. The fourth-order valence-corrected chi connectivity index (χ4v) is 3.19. The molecule has 3 nitrogen and oxygen atoms in total. The maximum Gasteiger partial charge on any atom is 0.141 e. The van der Waals surface area contributed by atoms with Crippen LogP contribution in [0.5, 0.6) is 5.75 Å². The summed E-state index contributed by atoms with van der Waals surface area (Å²) >= 11 is 0. The van der Waals surface area contributed by atoms with Crippen molar-refractivity contribution in [3.05, 3.63) is 24.0 Å². The standard InChI is InChI=1S/C17H28N2O/c1-3-12-18-15(11-10-14-7-4-5-8-14)17-16(20-2)9-6-13-19-17/h6,9,13-15,18H,3-5,7-8,10-12H2,1-2H3. The Morgan fingerprint density at radius 1 is 1.40 bits per heavy atom. The molecule has 1 heterocycles. The van der Waals surface area contributed by atoms with E-state index < -0.39 is 0 Å². The zero-order valence-corrected chi connectivity index (χ0v) is 12.9. The first-order valence-electron chi connectivity index (χ1n) is 8.07. The number of nitrogens with zero attached hydrogens (tertiary/aromatic N) is 1. The zero-order chi connectivity index (χ0) is 14.2. The van der Waals surface area contributed by atoms with Crippen molar-refractivity contribution in [1.82, 2.24) is 10.3 Å². The van der Waals surface area contributed by atoms with Gasteiger partial charge < -0.3 is 10.1 Å². The van der Waals surface area contributed by atoms with Crippen LogP contribution in [-0.4, -0.2) is 18.6 Å². The summed E-state index contributed by atoms with van der Waals surface area (Å²) in [5.41, 5.74) is 1.07. The van der Waals surface area contributed by atoms with Gasteiger partial charge in [-0.2, -0.15) is 0 Å². The van der Waals surface area contributed by atoms with Crippen LogP contribution in [0.1, 0.15) is 63.6 Å². The topological polar surface area (TPSA) is 34.2 Å². The number of methoxy groups -OCH3 is 1. The van der Waals surface area contributed by atoms with E-state index in [0.717, 1.165) is 36.7 Å². The van der Waals surface area contributed by atoms with Crippen LogP contribution in [0.2, 0.25) is 0 Å². The number of nitrogens with one attached hydrogen (secondary N) is 1. The molecule has 0 radical (unpaired) electrons. The van der Waals surface area contributed by atoms with Crippen molar-refractivity contribution in [3.63, 3.8) is 0 Å². The molecule has 3 heteroatoms. The lowest BCUT2D eigenvalue weighted by molar-refractivity contribution is 0.372. The summed E-state index contributed by atoms with van der Waals surface area (Å²) in [6.07, 6.45) is 11.2. The predicted octanol–water partition coefficient (Wildman–Crippen LogP) is 4.10. The Labute approximate surface area is 123 Å². The monoisotopic (exact) mass is 276 g/mol. The third-order valence-corrected chi connectivity index (χ3v) is 4.33. The highest BCUT2D eigenvalue weighted by Crippen LogP contribution is 2.33. The van der Waals surface area contributed by atoms with E-state index in [-0.39, 0.29) is 0 Å². The van der Waals surface area contributed by atoms with E-state index in [4.69, 9.17) is 4.74 Å². The lowest BCUT2D eigenvalue weighted by Gasteiger charge is -2.21. The van der Waals surface area contributed by atoms with Crippen LogP contribution < -0.4 is 10.1 Å². The van der Waals surface area contributed by atoms with Crippen molar-refractivity contribution in [2.75, 3.05) is 13.7 Å². The summed E-state index contributed by atoms with van der Waals surface area (Å²) in [7, 11) is 1.73. The minimum absolute atomic E-state index is 0.326. The van der Waals surface area contributed by atoms with E-state index in [9.17, 15) is 0 Å². The Morgan fingerprint density at radius 3 is 2.90 bits per heavy atom. The average molecular weight is 276 g/mol. The second-order valence-corrected chi connectivity index (χ2v) is 5.83. The molecule has 1 aliphatic rings. The van der Waals surface area contributed by atoms with Crippen LogP contribution in [-0.2, 0) is 0 Å². The SMILES string of the molecule is CCCNC(CCC1CCCC1)c1ncccc1OC. The fourth-order valence-electron chi connectivity index (χ4n) is 3.19. The number of rotatable bonds is 8. The minimum atomic E-state index is 0.326. The molecule has 1 aliphatic carbocycles. The number of hydrogen-bond acceptors (Lipinski definition) is 3. The minimum Gasteiger partial charge on any atom is -0.495 e. The summed E-state index contributed by atoms with van der Waals surface area (Å²) < 4.78 is 5.48. The van der Waals surface area contributed by atoms with Gasteiger partial charge in [-0.15, -0.1) is 0 Å². The molecule has 2 rings (SSSR count). The second-order valence-electron chi connectivity index (χ2n) is 5.83. The van der Waals surface area contributed by atoms with E-state index in [1.165, 1.54) is 32.1 Å². The lowest BCUT2D eigenvalue weighted by Crippen LogP contribution is -2.24. The van der Waals surface area contributed by atoms with Gasteiger partial charge in [0.05, 0.1) is 18.8 Å². The van der Waals surface area contributed by atoms with Crippen LogP contribution in [0.4, 0.5) is 0 Å². The number of aromatic nitrogens is 1. The van der Waals surface area contributed by atoms with Gasteiger partial charge in [-0.25, -0.2) is 0 Å². The molecule has 1 N–H and O–H groups in total. The molecule has 112 valence electrons. The number of ether oxygens (including phenoxy) is 1. The van der Waals surface area contributed by atoms with Gasteiger partial charge in [-0.3, -0.25) is 4.98 Å². The van der Waals surface area contributed by atoms with Crippen LogP contribution >= 0.6 is 0 Å². The molecule has 20 heavy (non-hydrogen) atoms. The zero-order valence-electron chi connectivity index (χ0n) is 12.9. The highest BCUT2D eigenvalue weighted by atomic mass is 16.5. The molecular formula is C17H28N2O. The molecular weight excluding hydrogens is 248 g/mol. The Balaban J connectivity index is 2.01. The van der Waals surface area contributed by atoms with E-state index in [0.29, 0.717) is 6.04 Å². The molecule has 1 unspecified atom stereocenters. The summed E-state index contributed by atoms with van der Waals surface area (Å²) in [6, 6.07) is 4.28. The van der Waals surface area contributed by atoms with Crippen molar-refractivity contribution < 1.29 is 4.74 Å². The first kappa shape index (κ1) is 15.3. The average Bonchev–Trinajstić information content (AvgIpc) is 3.01. The largest absolute Gasteiger partial charge is 0.495 e. The van der Waals surface area contributed by atoms with Crippen molar-refractivity contribution in [1.29, 1.82) is 0 Å². The van der Waals surface area contributed by atoms with Crippen molar-refractivity contribution in [2.45, 2.75) is 57.9 Å².